The van der Waals surface area contributed by atoms with Crippen molar-refractivity contribution in [3.05, 3.63) is 0 Å². The summed E-state index contributed by atoms with van der Waals surface area (Å²) in [5.41, 5.74) is -1.44. The first-order valence-corrected chi connectivity index (χ1v) is 4.63. The van der Waals surface area contributed by atoms with Crippen molar-refractivity contribution in [2.24, 2.45) is 5.92 Å². The quantitative estimate of drug-likeness (QED) is 0.278. The molecule has 1 saturated carbocycles. The van der Waals surface area contributed by atoms with Crippen LogP contribution in [0, 0.1) is 5.92 Å². The summed E-state index contributed by atoms with van der Waals surface area (Å²) in [5, 5.41) is 49.5. The van der Waals surface area contributed by atoms with Crippen LogP contribution in [0.5, 0.6) is 0 Å². The summed E-state index contributed by atoms with van der Waals surface area (Å²) in [7, 11) is 0. The fraction of sp³-hybridized carbons (Fsp3) is 1.00. The molecule has 5 unspecified atom stereocenters. The summed E-state index contributed by atoms with van der Waals surface area (Å²) in [5.74, 6) is -0.668. The lowest BCUT2D eigenvalue weighted by molar-refractivity contribution is -0.0423. The minimum absolute atomic E-state index is 0.295. The third kappa shape index (κ3) is 1.06. The molecule has 0 amide bonds. The summed E-state index contributed by atoms with van der Waals surface area (Å²) in [6, 6.07) is -1.29. The lowest BCUT2D eigenvalue weighted by Gasteiger charge is -2.35. The van der Waals surface area contributed by atoms with Gasteiger partial charge in [-0.3, -0.25) is 0 Å². The lowest BCUT2D eigenvalue weighted by atomic mass is 9.94. The van der Waals surface area contributed by atoms with Gasteiger partial charge in [0.25, 0.3) is 0 Å². The molecule has 1 aliphatic carbocycles. The Kier molecular flexibility index (Phi) is 2.30. The van der Waals surface area contributed by atoms with Crippen molar-refractivity contribution in [2.45, 2.75) is 29.9 Å². The van der Waals surface area contributed by atoms with Crippen molar-refractivity contribution in [1.29, 1.82) is 0 Å². The maximum atomic E-state index is 9.85. The van der Waals surface area contributed by atoms with Gasteiger partial charge < -0.3 is 30.8 Å². The second-order valence-electron chi connectivity index (χ2n) is 4.04. The zero-order valence-corrected chi connectivity index (χ0v) is 7.54. The lowest BCUT2D eigenvalue weighted by Crippen LogP contribution is -2.61. The van der Waals surface area contributed by atoms with Crippen LogP contribution in [0.3, 0.4) is 0 Å². The van der Waals surface area contributed by atoms with Crippen molar-refractivity contribution in [3.8, 4) is 0 Å². The average Bonchev–Trinajstić information content (AvgIpc) is 2.72. The predicted molar refractivity (Wildman–Crippen MR) is 45.3 cm³/mol. The number of aliphatic hydroxyl groups is 5. The largest absolute Gasteiger partial charge is 0.395 e. The van der Waals surface area contributed by atoms with E-state index in [4.69, 9.17) is 10.2 Å². The van der Waals surface area contributed by atoms with Gasteiger partial charge in [0.05, 0.1) is 37.5 Å². The van der Waals surface area contributed by atoms with Gasteiger partial charge >= 0.3 is 0 Å². The van der Waals surface area contributed by atoms with Crippen LogP contribution in [0.2, 0.25) is 0 Å². The number of nitrogens with one attached hydrogen (secondary N) is 1. The zero-order chi connectivity index (χ0) is 10.5. The molecule has 0 aromatic heterocycles. The SMILES string of the molecule is OCC1N[C@@H](CO)C(O)C2C(O)C12O. The Morgan fingerprint density at radius 1 is 1.14 bits per heavy atom. The topological polar surface area (TPSA) is 113 Å². The molecule has 6 nitrogen and oxygen atoms in total. The van der Waals surface area contributed by atoms with Crippen molar-refractivity contribution in [3.63, 3.8) is 0 Å². The number of hydrogen-bond acceptors (Lipinski definition) is 6. The first kappa shape index (κ1) is 10.3. The summed E-state index contributed by atoms with van der Waals surface area (Å²) in [6.07, 6.45) is -2.01. The number of fused-ring (bicyclic) bond motifs is 1. The Labute approximate surface area is 80.8 Å². The third-order valence-electron chi connectivity index (χ3n) is 3.37. The van der Waals surface area contributed by atoms with Crippen molar-refractivity contribution >= 4 is 0 Å². The van der Waals surface area contributed by atoms with Crippen LogP contribution < -0.4 is 5.32 Å². The fourth-order valence-electron chi connectivity index (χ4n) is 2.40. The molecule has 0 aromatic carbocycles. The Bertz CT molecular complexity index is 234. The molecule has 0 bridgehead atoms. The van der Waals surface area contributed by atoms with Crippen LogP contribution >= 0.6 is 0 Å². The van der Waals surface area contributed by atoms with Crippen LogP contribution in [0.25, 0.3) is 0 Å². The highest BCUT2D eigenvalue weighted by Gasteiger charge is 2.73. The van der Waals surface area contributed by atoms with Gasteiger partial charge in [0.15, 0.2) is 0 Å². The number of aliphatic hydroxyl groups excluding tert-OH is 4. The Morgan fingerprint density at radius 2 is 1.79 bits per heavy atom. The van der Waals surface area contributed by atoms with E-state index >= 15 is 0 Å². The Morgan fingerprint density at radius 3 is 2.29 bits per heavy atom. The summed E-state index contributed by atoms with van der Waals surface area (Å²) < 4.78 is 0. The maximum Gasteiger partial charge on any atom is 0.116 e. The minimum atomic E-state index is -1.44. The van der Waals surface area contributed by atoms with Crippen LogP contribution in [-0.4, -0.2) is 68.6 Å². The summed E-state index contributed by atoms with van der Waals surface area (Å²) in [4.78, 5) is 0. The molecule has 1 heterocycles. The van der Waals surface area contributed by atoms with Gasteiger partial charge in [-0.25, -0.2) is 0 Å². The van der Waals surface area contributed by atoms with Crippen molar-refractivity contribution in [1.82, 2.24) is 5.32 Å². The maximum absolute atomic E-state index is 9.85. The molecule has 1 aliphatic heterocycles. The van der Waals surface area contributed by atoms with Gasteiger partial charge in [-0.1, -0.05) is 0 Å². The zero-order valence-electron chi connectivity index (χ0n) is 7.54. The molecular formula is C8H15NO5. The fourth-order valence-corrected chi connectivity index (χ4v) is 2.40. The number of hydrogen-bond donors (Lipinski definition) is 6. The standard InChI is InChI=1S/C8H15NO5/c10-1-3-6(12)5-7(13)8(5,14)4(2-11)9-3/h3-7,9-14H,1-2H2/t3-,4?,5?,6?,7?,8?/m0/s1. The molecule has 82 valence electrons. The molecule has 6 atom stereocenters. The smallest absolute Gasteiger partial charge is 0.116 e. The highest BCUT2D eigenvalue weighted by molar-refractivity contribution is 5.25. The summed E-state index contributed by atoms with van der Waals surface area (Å²) >= 11 is 0. The number of rotatable bonds is 2. The van der Waals surface area contributed by atoms with Crippen LogP contribution in [-0.2, 0) is 0 Å². The normalized spacial score (nSPS) is 56.8. The van der Waals surface area contributed by atoms with Crippen LogP contribution in [0.1, 0.15) is 0 Å². The van der Waals surface area contributed by atoms with E-state index in [0.717, 1.165) is 0 Å². The molecule has 0 aromatic rings. The van der Waals surface area contributed by atoms with E-state index in [0.29, 0.717) is 0 Å². The first-order valence-electron chi connectivity index (χ1n) is 4.63. The second kappa shape index (κ2) is 3.13. The van der Waals surface area contributed by atoms with Gasteiger partial charge in [-0.05, 0) is 0 Å². The third-order valence-corrected chi connectivity index (χ3v) is 3.37. The van der Waals surface area contributed by atoms with Gasteiger partial charge in [0, 0.05) is 5.92 Å². The second-order valence-corrected chi connectivity index (χ2v) is 4.04. The van der Waals surface area contributed by atoms with E-state index in [9.17, 15) is 15.3 Å². The van der Waals surface area contributed by atoms with Gasteiger partial charge in [-0.15, -0.1) is 0 Å². The predicted octanol–water partition coefficient (Wildman–Crippen LogP) is -3.61. The van der Waals surface area contributed by atoms with Crippen molar-refractivity contribution < 1.29 is 25.5 Å². The molecule has 0 radical (unpaired) electrons. The van der Waals surface area contributed by atoms with Crippen molar-refractivity contribution in [2.75, 3.05) is 13.2 Å². The average molecular weight is 205 g/mol. The monoisotopic (exact) mass is 205 g/mol. The molecule has 2 fully saturated rings. The summed E-state index contributed by atoms with van der Waals surface area (Å²) in [6.45, 7) is -0.635. The molecule has 6 N–H and O–H groups in total. The molecule has 6 heteroatoms. The van der Waals surface area contributed by atoms with E-state index in [1.54, 1.807) is 0 Å². The molecular weight excluding hydrogens is 190 g/mol. The highest BCUT2D eigenvalue weighted by Crippen LogP contribution is 2.51. The van der Waals surface area contributed by atoms with E-state index in [2.05, 4.69) is 5.32 Å². The van der Waals surface area contributed by atoms with Gasteiger partial charge in [0.1, 0.15) is 5.60 Å². The van der Waals surface area contributed by atoms with Gasteiger partial charge in [0.2, 0.25) is 0 Å². The van der Waals surface area contributed by atoms with Crippen LogP contribution in [0.4, 0.5) is 0 Å². The van der Waals surface area contributed by atoms with Gasteiger partial charge in [-0.2, -0.15) is 0 Å². The Hall–Kier alpha value is -0.240. The molecule has 14 heavy (non-hydrogen) atoms. The minimum Gasteiger partial charge on any atom is -0.395 e. The molecule has 2 aliphatic rings. The number of piperidine rings is 1. The molecule has 2 rings (SSSR count). The van der Waals surface area contributed by atoms with E-state index < -0.39 is 35.8 Å². The molecule has 1 saturated heterocycles. The van der Waals surface area contributed by atoms with E-state index in [1.165, 1.54) is 0 Å². The van der Waals surface area contributed by atoms with Crippen LogP contribution in [0.15, 0.2) is 0 Å². The van der Waals surface area contributed by atoms with E-state index in [-0.39, 0.29) is 13.2 Å². The molecule has 0 spiro atoms. The first-order chi connectivity index (χ1) is 6.57. The highest BCUT2D eigenvalue weighted by atomic mass is 16.4. The van der Waals surface area contributed by atoms with E-state index in [1.807, 2.05) is 0 Å². The Balaban J connectivity index is 2.18.